The Hall–Kier alpha value is 0.430. The third-order valence-electron chi connectivity index (χ3n) is 3.58. The molecule has 1 unspecified atom stereocenters. The third kappa shape index (κ3) is 16.5. The second kappa shape index (κ2) is 17.5. The number of nitrogens with one attached hydrogen (secondary N) is 1. The van der Waals surface area contributed by atoms with Gasteiger partial charge in [-0.25, -0.2) is 0 Å². The molecule has 0 aromatic heterocycles. The Morgan fingerprint density at radius 3 is 1.70 bits per heavy atom. The van der Waals surface area contributed by atoms with Gasteiger partial charge in [0.25, 0.3) is 0 Å². The number of aliphatic carboxylic acids is 1. The van der Waals surface area contributed by atoms with E-state index in [1.165, 1.54) is 64.2 Å². The molecule has 0 bridgehead atoms. The van der Waals surface area contributed by atoms with Gasteiger partial charge in [-0.3, -0.25) is 0 Å². The molecule has 0 saturated carbocycles. The summed E-state index contributed by atoms with van der Waals surface area (Å²) in [5.74, 6) is -1.01. The van der Waals surface area contributed by atoms with Crippen LogP contribution in [0, 0.1) is 0 Å². The van der Waals surface area contributed by atoms with Crippen molar-refractivity contribution in [3.05, 3.63) is 0 Å². The van der Waals surface area contributed by atoms with Crippen molar-refractivity contribution < 1.29 is 39.5 Å². The van der Waals surface area contributed by atoms with Crippen molar-refractivity contribution in [2.75, 3.05) is 6.54 Å². The Labute approximate surface area is 147 Å². The van der Waals surface area contributed by atoms with Gasteiger partial charge in [0.15, 0.2) is 0 Å². The fraction of sp³-hybridized carbons (Fsp3) is 0.938. The number of hydrogen-bond acceptors (Lipinski definition) is 3. The maximum absolute atomic E-state index is 10.5. The molecular formula is C16H32NNaO2. The number of carboxylic acid groups (broad SMARTS) is 1. The molecule has 0 fully saturated rings. The van der Waals surface area contributed by atoms with Crippen molar-refractivity contribution >= 4 is 5.97 Å². The second-order valence-corrected chi connectivity index (χ2v) is 5.53. The minimum Gasteiger partial charge on any atom is -0.548 e. The van der Waals surface area contributed by atoms with E-state index in [4.69, 9.17) is 0 Å². The minimum absolute atomic E-state index is 0. The third-order valence-corrected chi connectivity index (χ3v) is 3.58. The van der Waals surface area contributed by atoms with Crippen molar-refractivity contribution in [3.63, 3.8) is 0 Å². The standard InChI is InChI=1S/C16H33NO2.Na/c1-3-4-5-6-7-8-9-10-11-12-13-14-17-15(2)16(18)19;/h15,17H,3-14H2,1-2H3,(H,18,19);/q;+1/p-1. The Morgan fingerprint density at radius 1 is 0.900 bits per heavy atom. The zero-order chi connectivity index (χ0) is 14.3. The van der Waals surface area contributed by atoms with Crippen molar-refractivity contribution in [1.29, 1.82) is 0 Å². The molecule has 0 aliphatic heterocycles. The van der Waals surface area contributed by atoms with E-state index in [2.05, 4.69) is 12.2 Å². The first-order chi connectivity index (χ1) is 9.18. The van der Waals surface area contributed by atoms with E-state index in [-0.39, 0.29) is 29.6 Å². The predicted octanol–water partition coefficient (Wildman–Crippen LogP) is 0.0294. The van der Waals surface area contributed by atoms with E-state index in [0.717, 1.165) is 13.0 Å². The number of rotatable bonds is 14. The van der Waals surface area contributed by atoms with E-state index in [1.807, 2.05) is 0 Å². The smallest absolute Gasteiger partial charge is 0.548 e. The summed E-state index contributed by atoms with van der Waals surface area (Å²) in [6.45, 7) is 4.67. The van der Waals surface area contributed by atoms with Gasteiger partial charge in [0.1, 0.15) is 0 Å². The van der Waals surface area contributed by atoms with E-state index < -0.39 is 12.0 Å². The summed E-state index contributed by atoms with van der Waals surface area (Å²) >= 11 is 0. The van der Waals surface area contributed by atoms with Crippen LogP contribution in [0.4, 0.5) is 0 Å². The summed E-state index contributed by atoms with van der Waals surface area (Å²) < 4.78 is 0. The van der Waals surface area contributed by atoms with Crippen LogP contribution in [0.1, 0.15) is 84.5 Å². The summed E-state index contributed by atoms with van der Waals surface area (Å²) in [6, 6.07) is -0.525. The van der Waals surface area contributed by atoms with Gasteiger partial charge in [-0.2, -0.15) is 0 Å². The maximum atomic E-state index is 10.5. The predicted molar refractivity (Wildman–Crippen MR) is 78.9 cm³/mol. The average Bonchev–Trinajstić information content (AvgIpc) is 2.39. The van der Waals surface area contributed by atoms with Gasteiger partial charge >= 0.3 is 29.6 Å². The van der Waals surface area contributed by atoms with Gasteiger partial charge in [-0.05, 0) is 19.9 Å². The quantitative estimate of drug-likeness (QED) is 0.363. The first-order valence-corrected chi connectivity index (χ1v) is 8.12. The zero-order valence-corrected chi connectivity index (χ0v) is 15.9. The van der Waals surface area contributed by atoms with E-state index in [0.29, 0.717) is 0 Å². The first kappa shape index (κ1) is 22.7. The van der Waals surface area contributed by atoms with Crippen LogP contribution in [0.3, 0.4) is 0 Å². The van der Waals surface area contributed by atoms with Gasteiger partial charge in [0, 0.05) is 6.04 Å². The molecule has 0 aromatic rings. The fourth-order valence-electron chi connectivity index (χ4n) is 2.19. The van der Waals surface area contributed by atoms with Crippen LogP contribution < -0.4 is 40.0 Å². The van der Waals surface area contributed by atoms with Crippen LogP contribution in [0.25, 0.3) is 0 Å². The van der Waals surface area contributed by atoms with Crippen molar-refractivity contribution in [2.24, 2.45) is 0 Å². The number of carbonyl (C=O) groups excluding carboxylic acids is 1. The second-order valence-electron chi connectivity index (χ2n) is 5.53. The van der Waals surface area contributed by atoms with Gasteiger partial charge in [0.05, 0.1) is 5.97 Å². The van der Waals surface area contributed by atoms with Crippen molar-refractivity contribution in [3.8, 4) is 0 Å². The van der Waals surface area contributed by atoms with Gasteiger partial charge in [-0.15, -0.1) is 0 Å². The number of carbonyl (C=O) groups is 1. The van der Waals surface area contributed by atoms with Gasteiger partial charge < -0.3 is 15.2 Å². The summed E-state index contributed by atoms with van der Waals surface area (Å²) in [5, 5.41) is 13.4. The summed E-state index contributed by atoms with van der Waals surface area (Å²) in [4.78, 5) is 10.5. The van der Waals surface area contributed by atoms with Crippen LogP contribution in [0.5, 0.6) is 0 Å². The molecule has 114 valence electrons. The summed E-state index contributed by atoms with van der Waals surface area (Å²) in [5.41, 5.74) is 0. The summed E-state index contributed by atoms with van der Waals surface area (Å²) in [6.07, 6.45) is 14.5. The minimum atomic E-state index is -1.01. The molecule has 3 nitrogen and oxygen atoms in total. The SMILES string of the molecule is CCCCCCCCCCCCCNC(C)C(=O)[O-].[Na+]. The topological polar surface area (TPSA) is 52.2 Å². The zero-order valence-electron chi connectivity index (χ0n) is 13.9. The first-order valence-electron chi connectivity index (χ1n) is 8.12. The largest absolute Gasteiger partial charge is 1.00 e. The van der Waals surface area contributed by atoms with E-state index in [9.17, 15) is 9.90 Å². The normalized spacial score (nSPS) is 11.9. The van der Waals surface area contributed by atoms with Crippen LogP contribution in [0.15, 0.2) is 0 Å². The Bertz CT molecular complexity index is 213. The van der Waals surface area contributed by atoms with Crippen LogP contribution >= 0.6 is 0 Å². The van der Waals surface area contributed by atoms with Gasteiger partial charge in [0.2, 0.25) is 0 Å². The molecule has 1 atom stereocenters. The molecule has 0 saturated heterocycles. The molecular weight excluding hydrogens is 261 g/mol. The number of unbranched alkanes of at least 4 members (excludes halogenated alkanes) is 10. The molecule has 0 heterocycles. The molecule has 20 heavy (non-hydrogen) atoms. The number of hydrogen-bond donors (Lipinski definition) is 1. The maximum Gasteiger partial charge on any atom is 1.00 e. The summed E-state index contributed by atoms with van der Waals surface area (Å²) in [7, 11) is 0. The Kier molecular flexibility index (Phi) is 19.8. The molecule has 0 aliphatic rings. The average molecular weight is 293 g/mol. The Morgan fingerprint density at radius 2 is 1.30 bits per heavy atom. The molecule has 0 aliphatic carbocycles. The molecule has 0 rings (SSSR count). The molecule has 0 aromatic carbocycles. The Balaban J connectivity index is 0. The monoisotopic (exact) mass is 293 g/mol. The van der Waals surface area contributed by atoms with E-state index in [1.54, 1.807) is 6.92 Å². The van der Waals surface area contributed by atoms with Crippen molar-refractivity contribution in [2.45, 2.75) is 90.5 Å². The van der Waals surface area contributed by atoms with Crippen LogP contribution in [-0.2, 0) is 4.79 Å². The van der Waals surface area contributed by atoms with Gasteiger partial charge in [-0.1, -0.05) is 71.1 Å². The molecule has 1 N–H and O–H groups in total. The fourth-order valence-corrected chi connectivity index (χ4v) is 2.19. The van der Waals surface area contributed by atoms with Crippen LogP contribution in [-0.4, -0.2) is 18.6 Å². The number of carboxylic acids is 1. The van der Waals surface area contributed by atoms with Crippen molar-refractivity contribution in [1.82, 2.24) is 5.32 Å². The van der Waals surface area contributed by atoms with E-state index >= 15 is 0 Å². The molecule has 0 spiro atoms. The molecule has 0 radical (unpaired) electrons. The molecule has 0 amide bonds. The van der Waals surface area contributed by atoms with Crippen LogP contribution in [0.2, 0.25) is 0 Å². The molecule has 4 heteroatoms.